The zero-order chi connectivity index (χ0) is 39.9. The highest BCUT2D eigenvalue weighted by atomic mass is 16.6. The smallest absolute Gasteiger partial charge is 0.243 e. The Hall–Kier alpha value is -4.90. The normalized spacial score (nSPS) is 11.2. The Kier molecular flexibility index (Phi) is 24.8. The third-order valence-electron chi connectivity index (χ3n) is 7.85. The predicted octanol–water partition coefficient (Wildman–Crippen LogP) is -0.0335. The summed E-state index contributed by atoms with van der Waals surface area (Å²) < 4.78 is 21.8. The Morgan fingerprint density at radius 2 is 1.04 bits per heavy atom. The van der Waals surface area contributed by atoms with Gasteiger partial charge >= 0.3 is 0 Å². The molecule has 16 nitrogen and oxygen atoms in total. The van der Waals surface area contributed by atoms with Gasteiger partial charge in [0.05, 0.1) is 72.5 Å². The van der Waals surface area contributed by atoms with Crippen LogP contribution in [0, 0.1) is 0 Å². The Bertz CT molecular complexity index is 1430. The molecule has 304 valence electrons. The van der Waals surface area contributed by atoms with Gasteiger partial charge in [-0.2, -0.15) is 0 Å². The summed E-state index contributed by atoms with van der Waals surface area (Å²) in [5, 5.41) is 15.4. The van der Waals surface area contributed by atoms with Crippen LogP contribution in [0.25, 0.3) is 0 Å². The largest absolute Gasteiger partial charge is 0.379 e. The number of likely N-dealkylation sites (N-methyl/N-ethyl adjacent to an activating group) is 1. The molecule has 55 heavy (non-hydrogen) atoms. The summed E-state index contributed by atoms with van der Waals surface area (Å²) in [4.78, 5) is 73.3. The highest BCUT2D eigenvalue weighted by Gasteiger charge is 2.22. The molecule has 2 rings (SSSR count). The number of benzene rings is 2. The van der Waals surface area contributed by atoms with Gasteiger partial charge in [-0.05, 0) is 36.5 Å². The maximum atomic E-state index is 12.7. The lowest BCUT2D eigenvalue weighted by Crippen LogP contribution is -2.52. The van der Waals surface area contributed by atoms with Crippen LogP contribution in [0.1, 0.15) is 43.4 Å². The van der Waals surface area contributed by atoms with E-state index < -0.39 is 36.2 Å². The first kappa shape index (κ1) is 46.3. The van der Waals surface area contributed by atoms with E-state index in [4.69, 9.17) is 18.9 Å². The summed E-state index contributed by atoms with van der Waals surface area (Å²) in [5.74, 6) is -2.51. The SMILES string of the molecule is CCNC(=O)CNC(=O)C(Cc1ccccc1)NC(=O)CNC(=O)CNC(=O)CCOCCOCCOCCOCCNC(=O)CCc1ccc(CC)cc1. The second-order valence-corrected chi connectivity index (χ2v) is 12.3. The quantitative estimate of drug-likeness (QED) is 0.0584. The van der Waals surface area contributed by atoms with Gasteiger partial charge in [0, 0.05) is 32.4 Å². The van der Waals surface area contributed by atoms with Gasteiger partial charge in [-0.25, -0.2) is 0 Å². The van der Waals surface area contributed by atoms with Crippen LogP contribution in [0.2, 0.25) is 0 Å². The molecule has 0 aromatic heterocycles. The van der Waals surface area contributed by atoms with Crippen molar-refractivity contribution in [3.05, 3.63) is 71.3 Å². The molecule has 0 saturated carbocycles. The van der Waals surface area contributed by atoms with Crippen molar-refractivity contribution in [3.8, 4) is 0 Å². The fourth-order valence-corrected chi connectivity index (χ4v) is 4.84. The topological polar surface area (TPSA) is 212 Å². The monoisotopic (exact) mass is 770 g/mol. The molecule has 0 radical (unpaired) electrons. The third kappa shape index (κ3) is 23.5. The minimum absolute atomic E-state index is 0.00317. The fraction of sp³-hybridized carbons (Fsp3) is 0.538. The molecule has 0 heterocycles. The van der Waals surface area contributed by atoms with Gasteiger partial charge in [-0.1, -0.05) is 61.5 Å². The molecule has 0 aliphatic carbocycles. The van der Waals surface area contributed by atoms with Crippen LogP contribution in [-0.2, 0) is 67.0 Å². The Morgan fingerprint density at radius 1 is 0.509 bits per heavy atom. The van der Waals surface area contributed by atoms with Gasteiger partial charge < -0.3 is 50.8 Å². The average molecular weight is 771 g/mol. The number of carbonyl (C=O) groups is 6. The van der Waals surface area contributed by atoms with E-state index in [9.17, 15) is 28.8 Å². The second-order valence-electron chi connectivity index (χ2n) is 12.3. The second kappa shape index (κ2) is 29.5. The summed E-state index contributed by atoms with van der Waals surface area (Å²) in [5.41, 5.74) is 3.23. The maximum absolute atomic E-state index is 12.7. The van der Waals surface area contributed by atoms with Gasteiger partial charge in [-0.3, -0.25) is 28.8 Å². The van der Waals surface area contributed by atoms with Crippen LogP contribution in [0.3, 0.4) is 0 Å². The average Bonchev–Trinajstić information content (AvgIpc) is 3.19. The van der Waals surface area contributed by atoms with E-state index in [1.54, 1.807) is 31.2 Å². The Labute approximate surface area is 323 Å². The molecule has 0 aliphatic heterocycles. The number of hydrogen-bond donors (Lipinski definition) is 6. The maximum Gasteiger partial charge on any atom is 0.243 e. The van der Waals surface area contributed by atoms with Crippen molar-refractivity contribution in [3.63, 3.8) is 0 Å². The molecule has 0 bridgehead atoms. The first-order chi connectivity index (χ1) is 26.7. The number of nitrogens with one attached hydrogen (secondary N) is 6. The van der Waals surface area contributed by atoms with Crippen molar-refractivity contribution in [1.29, 1.82) is 0 Å². The standard InChI is InChI=1S/C39H58N6O10/c1-3-30-10-12-31(13-11-30)14-15-34(46)41-17-19-53-21-23-55-25-24-54-22-20-52-18-16-35(47)42-27-37(49)43-29-38(50)45-33(26-32-8-6-5-7-9-32)39(51)44-28-36(48)40-4-2/h5-13,33H,3-4,14-29H2,1-2H3,(H,40,48)(H,41,46)(H,42,47)(H,43,49)(H,44,51)(H,45,50). The van der Waals surface area contributed by atoms with Gasteiger partial charge in [0.25, 0.3) is 0 Å². The van der Waals surface area contributed by atoms with Gasteiger partial charge in [0.15, 0.2) is 0 Å². The Morgan fingerprint density at radius 3 is 1.67 bits per heavy atom. The number of amides is 6. The van der Waals surface area contributed by atoms with Crippen LogP contribution in [0.15, 0.2) is 54.6 Å². The van der Waals surface area contributed by atoms with E-state index in [0.717, 1.165) is 17.5 Å². The molecule has 16 heteroatoms. The number of rotatable bonds is 30. The van der Waals surface area contributed by atoms with Gasteiger partial charge in [0.1, 0.15) is 6.04 Å². The lowest BCUT2D eigenvalue weighted by Gasteiger charge is -2.19. The third-order valence-corrected chi connectivity index (χ3v) is 7.85. The molecule has 0 fully saturated rings. The fourth-order valence-electron chi connectivity index (χ4n) is 4.84. The van der Waals surface area contributed by atoms with E-state index in [1.165, 1.54) is 5.56 Å². The van der Waals surface area contributed by atoms with Crippen molar-refractivity contribution in [2.45, 2.75) is 52.0 Å². The molecular weight excluding hydrogens is 712 g/mol. The Balaban J connectivity index is 1.42. The molecule has 1 atom stereocenters. The van der Waals surface area contributed by atoms with Crippen molar-refractivity contribution >= 4 is 35.4 Å². The van der Waals surface area contributed by atoms with Crippen LogP contribution < -0.4 is 31.9 Å². The van der Waals surface area contributed by atoms with Crippen molar-refractivity contribution in [2.75, 3.05) is 85.6 Å². The van der Waals surface area contributed by atoms with E-state index in [-0.39, 0.29) is 51.0 Å². The number of hydrogen-bond acceptors (Lipinski definition) is 10. The van der Waals surface area contributed by atoms with Gasteiger partial charge in [-0.15, -0.1) is 0 Å². The molecule has 0 aliphatic rings. The molecule has 1 unspecified atom stereocenters. The molecule has 0 saturated heterocycles. The van der Waals surface area contributed by atoms with E-state index in [0.29, 0.717) is 65.6 Å². The van der Waals surface area contributed by atoms with Crippen LogP contribution in [0.4, 0.5) is 0 Å². The van der Waals surface area contributed by atoms with Gasteiger partial charge in [0.2, 0.25) is 35.4 Å². The summed E-state index contributed by atoms with van der Waals surface area (Å²) in [6, 6.07) is 16.4. The minimum Gasteiger partial charge on any atom is -0.379 e. The van der Waals surface area contributed by atoms with Crippen molar-refractivity contribution in [2.24, 2.45) is 0 Å². The van der Waals surface area contributed by atoms with Crippen molar-refractivity contribution < 1.29 is 47.7 Å². The summed E-state index contributed by atoms with van der Waals surface area (Å²) in [6.45, 7) is 6.42. The molecular formula is C39H58N6O10. The first-order valence-corrected chi connectivity index (χ1v) is 18.8. The first-order valence-electron chi connectivity index (χ1n) is 18.8. The molecule has 6 amide bonds. The highest BCUT2D eigenvalue weighted by molar-refractivity contribution is 5.92. The number of ether oxygens (including phenoxy) is 4. The highest BCUT2D eigenvalue weighted by Crippen LogP contribution is 2.07. The summed E-state index contributed by atoms with van der Waals surface area (Å²) in [6.07, 6.45) is 2.35. The van der Waals surface area contributed by atoms with Crippen LogP contribution in [0.5, 0.6) is 0 Å². The van der Waals surface area contributed by atoms with Crippen molar-refractivity contribution in [1.82, 2.24) is 31.9 Å². The predicted molar refractivity (Wildman–Crippen MR) is 205 cm³/mol. The summed E-state index contributed by atoms with van der Waals surface area (Å²) in [7, 11) is 0. The van der Waals surface area contributed by atoms with E-state index >= 15 is 0 Å². The lowest BCUT2D eigenvalue weighted by molar-refractivity contribution is -0.131. The van der Waals surface area contributed by atoms with E-state index in [1.807, 2.05) is 6.07 Å². The zero-order valence-corrected chi connectivity index (χ0v) is 32.1. The van der Waals surface area contributed by atoms with E-state index in [2.05, 4.69) is 63.1 Å². The lowest BCUT2D eigenvalue weighted by atomic mass is 10.1. The van der Waals surface area contributed by atoms with Crippen LogP contribution in [-0.4, -0.2) is 127 Å². The van der Waals surface area contributed by atoms with Crippen LogP contribution >= 0.6 is 0 Å². The molecule has 6 N–H and O–H groups in total. The number of aryl methyl sites for hydroxylation is 2. The zero-order valence-electron chi connectivity index (χ0n) is 32.1. The summed E-state index contributed by atoms with van der Waals surface area (Å²) >= 11 is 0. The molecule has 0 spiro atoms. The number of carbonyl (C=O) groups excluding carboxylic acids is 6. The molecule has 2 aromatic carbocycles. The molecule has 2 aromatic rings. The minimum atomic E-state index is -0.978.